The lowest BCUT2D eigenvalue weighted by Gasteiger charge is -2.27. The van der Waals surface area contributed by atoms with Crippen LogP contribution in [0.2, 0.25) is 0 Å². The van der Waals surface area contributed by atoms with E-state index in [9.17, 15) is 4.79 Å². The first-order valence-electron chi connectivity index (χ1n) is 6.72. The molecule has 1 fully saturated rings. The maximum Gasteiger partial charge on any atom is 0.273 e. The van der Waals surface area contributed by atoms with Gasteiger partial charge in [-0.25, -0.2) is 0 Å². The number of pyridine rings is 1. The Labute approximate surface area is 117 Å². The summed E-state index contributed by atoms with van der Waals surface area (Å²) in [6.07, 6.45) is 1.68. The molecule has 1 aromatic heterocycles. The summed E-state index contributed by atoms with van der Waals surface area (Å²) in [4.78, 5) is 18.7. The Morgan fingerprint density at radius 3 is 2.85 bits per heavy atom. The third-order valence-electron chi connectivity index (χ3n) is 3.58. The Morgan fingerprint density at radius 2 is 2.10 bits per heavy atom. The van der Waals surface area contributed by atoms with E-state index in [-0.39, 0.29) is 5.91 Å². The van der Waals surface area contributed by atoms with Crippen LogP contribution in [0.4, 0.5) is 0 Å². The van der Waals surface area contributed by atoms with Gasteiger partial charge in [-0.1, -0.05) is 0 Å². The molecule has 3 rings (SSSR count). The average Bonchev–Trinajstić information content (AvgIpc) is 2.54. The largest absolute Gasteiger partial charge is 0.497 e. The second kappa shape index (κ2) is 5.46. The summed E-state index contributed by atoms with van der Waals surface area (Å²) in [5.41, 5.74) is 0.520. The Kier molecular flexibility index (Phi) is 3.52. The van der Waals surface area contributed by atoms with Gasteiger partial charge >= 0.3 is 0 Å². The van der Waals surface area contributed by atoms with E-state index < -0.39 is 0 Å². The van der Waals surface area contributed by atoms with Crippen LogP contribution in [0, 0.1) is 0 Å². The summed E-state index contributed by atoms with van der Waals surface area (Å²) in [5, 5.41) is 5.08. The Bertz CT molecular complexity index is 636. The zero-order chi connectivity index (χ0) is 13.9. The van der Waals surface area contributed by atoms with E-state index in [2.05, 4.69) is 10.3 Å². The molecule has 0 unspecified atom stereocenters. The van der Waals surface area contributed by atoms with Gasteiger partial charge in [-0.2, -0.15) is 0 Å². The monoisotopic (exact) mass is 271 g/mol. The van der Waals surface area contributed by atoms with Crippen LogP contribution in [-0.2, 0) is 0 Å². The standard InChI is InChI=1S/C15H17N3O2/c1-20-12-2-3-13-11(10-12)4-5-17-14(13)15(19)18-8-6-16-7-9-18/h2-5,10,16H,6-9H2,1H3. The van der Waals surface area contributed by atoms with Gasteiger partial charge in [0.25, 0.3) is 5.91 Å². The fourth-order valence-electron chi connectivity index (χ4n) is 2.47. The molecule has 1 aliphatic rings. The molecule has 5 heteroatoms. The van der Waals surface area contributed by atoms with E-state index >= 15 is 0 Å². The number of methoxy groups -OCH3 is 1. The molecule has 0 radical (unpaired) electrons. The topological polar surface area (TPSA) is 54.5 Å². The van der Waals surface area contributed by atoms with Crippen molar-refractivity contribution in [2.24, 2.45) is 0 Å². The highest BCUT2D eigenvalue weighted by atomic mass is 16.5. The molecule has 0 aliphatic carbocycles. The number of rotatable bonds is 2. The Morgan fingerprint density at radius 1 is 1.30 bits per heavy atom. The van der Waals surface area contributed by atoms with Crippen molar-refractivity contribution in [2.45, 2.75) is 0 Å². The van der Waals surface area contributed by atoms with Gasteiger partial charge in [0.2, 0.25) is 0 Å². The van der Waals surface area contributed by atoms with Crippen molar-refractivity contribution >= 4 is 16.7 Å². The van der Waals surface area contributed by atoms with Crippen LogP contribution in [0.25, 0.3) is 10.8 Å². The van der Waals surface area contributed by atoms with Gasteiger partial charge in [0.15, 0.2) is 0 Å². The predicted molar refractivity (Wildman–Crippen MR) is 77.1 cm³/mol. The number of benzene rings is 1. The Hall–Kier alpha value is -2.14. The van der Waals surface area contributed by atoms with Gasteiger partial charge in [0.05, 0.1) is 7.11 Å². The summed E-state index contributed by atoms with van der Waals surface area (Å²) in [5.74, 6) is 0.784. The van der Waals surface area contributed by atoms with Gasteiger partial charge in [0.1, 0.15) is 11.4 Å². The summed E-state index contributed by atoms with van der Waals surface area (Å²) in [6.45, 7) is 3.13. The molecular formula is C15H17N3O2. The number of piperazine rings is 1. The molecule has 0 atom stereocenters. The first kappa shape index (κ1) is 12.9. The molecule has 1 amide bonds. The van der Waals surface area contributed by atoms with Crippen LogP contribution in [-0.4, -0.2) is 49.1 Å². The van der Waals surface area contributed by atoms with Crippen LogP contribution in [0.3, 0.4) is 0 Å². The van der Waals surface area contributed by atoms with Crippen molar-refractivity contribution in [3.8, 4) is 5.75 Å². The molecule has 20 heavy (non-hydrogen) atoms. The molecule has 1 aromatic carbocycles. The zero-order valence-corrected chi connectivity index (χ0v) is 11.4. The van der Waals surface area contributed by atoms with Gasteiger partial charge in [0, 0.05) is 37.8 Å². The SMILES string of the molecule is COc1ccc2c(C(=O)N3CCNCC3)nccc2c1. The molecule has 0 spiro atoms. The first-order chi connectivity index (χ1) is 9.79. The van der Waals surface area contributed by atoms with Gasteiger partial charge in [-0.05, 0) is 29.7 Å². The van der Waals surface area contributed by atoms with Crippen molar-refractivity contribution in [3.05, 3.63) is 36.2 Å². The molecule has 2 aromatic rings. The van der Waals surface area contributed by atoms with E-state index in [0.717, 1.165) is 42.7 Å². The van der Waals surface area contributed by atoms with Crippen molar-refractivity contribution in [2.75, 3.05) is 33.3 Å². The number of carbonyl (C=O) groups excluding carboxylic acids is 1. The van der Waals surface area contributed by atoms with Crippen LogP contribution in [0.5, 0.6) is 5.75 Å². The average molecular weight is 271 g/mol. The fourth-order valence-corrected chi connectivity index (χ4v) is 2.47. The number of nitrogens with zero attached hydrogens (tertiary/aromatic N) is 2. The number of hydrogen-bond acceptors (Lipinski definition) is 4. The fraction of sp³-hybridized carbons (Fsp3) is 0.333. The van der Waals surface area contributed by atoms with Crippen molar-refractivity contribution < 1.29 is 9.53 Å². The molecule has 2 heterocycles. The van der Waals surface area contributed by atoms with Crippen LogP contribution >= 0.6 is 0 Å². The van der Waals surface area contributed by atoms with Gasteiger partial charge in [-0.3, -0.25) is 9.78 Å². The summed E-state index contributed by atoms with van der Waals surface area (Å²) >= 11 is 0. The second-order valence-corrected chi connectivity index (χ2v) is 4.79. The minimum Gasteiger partial charge on any atom is -0.497 e. The minimum atomic E-state index is 0.00210. The molecule has 1 saturated heterocycles. The molecule has 0 bridgehead atoms. The van der Waals surface area contributed by atoms with E-state index in [4.69, 9.17) is 4.74 Å². The van der Waals surface area contributed by atoms with Gasteiger partial charge in [-0.15, -0.1) is 0 Å². The molecule has 1 aliphatic heterocycles. The lowest BCUT2D eigenvalue weighted by molar-refractivity contribution is 0.0732. The number of aromatic nitrogens is 1. The van der Waals surface area contributed by atoms with Crippen molar-refractivity contribution in [3.63, 3.8) is 0 Å². The lowest BCUT2D eigenvalue weighted by Crippen LogP contribution is -2.46. The Balaban J connectivity index is 2.00. The molecule has 104 valence electrons. The summed E-state index contributed by atoms with van der Waals surface area (Å²) in [6, 6.07) is 7.58. The van der Waals surface area contributed by atoms with Crippen molar-refractivity contribution in [1.82, 2.24) is 15.2 Å². The van der Waals surface area contributed by atoms with Crippen LogP contribution in [0.1, 0.15) is 10.5 Å². The first-order valence-corrected chi connectivity index (χ1v) is 6.72. The number of hydrogen-bond donors (Lipinski definition) is 1. The normalized spacial score (nSPS) is 15.3. The van der Waals surface area contributed by atoms with Crippen LogP contribution < -0.4 is 10.1 Å². The molecule has 5 nitrogen and oxygen atoms in total. The highest BCUT2D eigenvalue weighted by Gasteiger charge is 2.20. The molecular weight excluding hydrogens is 254 g/mol. The van der Waals surface area contributed by atoms with Crippen molar-refractivity contribution in [1.29, 1.82) is 0 Å². The quantitative estimate of drug-likeness (QED) is 0.894. The highest BCUT2D eigenvalue weighted by Crippen LogP contribution is 2.23. The van der Waals surface area contributed by atoms with E-state index in [1.54, 1.807) is 13.3 Å². The van der Waals surface area contributed by atoms with Crippen LogP contribution in [0.15, 0.2) is 30.5 Å². The molecule has 0 saturated carbocycles. The third kappa shape index (κ3) is 2.32. The third-order valence-corrected chi connectivity index (χ3v) is 3.58. The highest BCUT2D eigenvalue weighted by molar-refractivity contribution is 6.05. The second-order valence-electron chi connectivity index (χ2n) is 4.79. The zero-order valence-electron chi connectivity index (χ0n) is 11.4. The summed E-state index contributed by atoms with van der Waals surface area (Å²) < 4.78 is 5.21. The molecule has 1 N–H and O–H groups in total. The number of amides is 1. The number of nitrogens with one attached hydrogen (secondary N) is 1. The lowest BCUT2D eigenvalue weighted by atomic mass is 10.1. The maximum absolute atomic E-state index is 12.6. The number of fused-ring (bicyclic) bond motifs is 1. The van der Waals surface area contributed by atoms with E-state index in [1.807, 2.05) is 29.2 Å². The number of carbonyl (C=O) groups is 1. The minimum absolute atomic E-state index is 0.00210. The summed E-state index contributed by atoms with van der Waals surface area (Å²) in [7, 11) is 1.63. The van der Waals surface area contributed by atoms with E-state index in [1.165, 1.54) is 0 Å². The van der Waals surface area contributed by atoms with E-state index in [0.29, 0.717) is 5.69 Å². The van der Waals surface area contributed by atoms with Gasteiger partial charge < -0.3 is 15.0 Å². The predicted octanol–water partition coefficient (Wildman–Crippen LogP) is 1.29. The maximum atomic E-state index is 12.6. The number of ether oxygens (including phenoxy) is 1. The smallest absolute Gasteiger partial charge is 0.273 e.